The Balaban J connectivity index is 1.75. The van der Waals surface area contributed by atoms with Crippen LogP contribution < -0.4 is 15.0 Å². The van der Waals surface area contributed by atoms with Crippen LogP contribution in [0.15, 0.2) is 42.5 Å². The Hall–Kier alpha value is -2.25. The molecule has 4 nitrogen and oxygen atoms in total. The SMILES string of the molecule is COc1cc2c(cc1N(C)[C@H]1CCCN[C@H]1c1ccccc1)[C@](C)(C(F)(F)F)OC2. The molecule has 0 aromatic heterocycles. The lowest BCUT2D eigenvalue weighted by Gasteiger charge is -2.41. The Bertz CT molecular complexity index is 903. The Morgan fingerprint density at radius 3 is 2.60 bits per heavy atom. The molecule has 0 radical (unpaired) electrons. The zero-order valence-corrected chi connectivity index (χ0v) is 17.4. The van der Waals surface area contributed by atoms with Gasteiger partial charge >= 0.3 is 6.18 Å². The Morgan fingerprint density at radius 1 is 1.20 bits per heavy atom. The van der Waals surface area contributed by atoms with Gasteiger partial charge < -0.3 is 19.7 Å². The molecule has 0 spiro atoms. The van der Waals surface area contributed by atoms with Crippen LogP contribution in [-0.4, -0.2) is 32.9 Å². The number of piperidine rings is 1. The molecule has 2 aliphatic heterocycles. The molecule has 1 fully saturated rings. The van der Waals surface area contributed by atoms with Gasteiger partial charge in [0, 0.05) is 18.7 Å². The van der Waals surface area contributed by atoms with Crippen LogP contribution in [0.4, 0.5) is 18.9 Å². The van der Waals surface area contributed by atoms with E-state index < -0.39 is 11.8 Å². The van der Waals surface area contributed by atoms with E-state index in [0.717, 1.165) is 31.9 Å². The van der Waals surface area contributed by atoms with Gasteiger partial charge in [0.15, 0.2) is 5.60 Å². The van der Waals surface area contributed by atoms with Gasteiger partial charge in [0.2, 0.25) is 0 Å². The first-order valence-corrected chi connectivity index (χ1v) is 10.2. The number of anilines is 1. The van der Waals surface area contributed by atoms with Crippen LogP contribution in [0, 0.1) is 0 Å². The van der Waals surface area contributed by atoms with Crippen molar-refractivity contribution in [3.8, 4) is 5.75 Å². The number of likely N-dealkylation sites (N-methyl/N-ethyl adjacent to an activating group) is 1. The number of benzene rings is 2. The van der Waals surface area contributed by atoms with Crippen molar-refractivity contribution in [2.24, 2.45) is 0 Å². The van der Waals surface area contributed by atoms with E-state index in [-0.39, 0.29) is 24.3 Å². The van der Waals surface area contributed by atoms with Crippen molar-refractivity contribution in [1.29, 1.82) is 0 Å². The Kier molecular flexibility index (Phi) is 5.45. The molecule has 2 aromatic carbocycles. The molecule has 0 bridgehead atoms. The maximum Gasteiger partial charge on any atom is 0.421 e. The summed E-state index contributed by atoms with van der Waals surface area (Å²) in [5.41, 5.74) is 0.181. The first-order chi connectivity index (χ1) is 14.3. The van der Waals surface area contributed by atoms with Crippen molar-refractivity contribution in [3.63, 3.8) is 0 Å². The maximum absolute atomic E-state index is 13.8. The highest BCUT2D eigenvalue weighted by Gasteiger charge is 2.57. The molecular weight excluding hydrogens is 393 g/mol. The fourth-order valence-electron chi connectivity index (χ4n) is 4.62. The molecule has 3 atom stereocenters. The van der Waals surface area contributed by atoms with Crippen molar-refractivity contribution in [3.05, 3.63) is 59.2 Å². The van der Waals surface area contributed by atoms with Crippen molar-refractivity contribution in [1.82, 2.24) is 5.32 Å². The van der Waals surface area contributed by atoms with Gasteiger partial charge in [-0.05, 0) is 49.6 Å². The second kappa shape index (κ2) is 7.78. The predicted octanol–water partition coefficient (Wildman–Crippen LogP) is 4.93. The summed E-state index contributed by atoms with van der Waals surface area (Å²) in [4.78, 5) is 2.05. The van der Waals surface area contributed by atoms with Crippen LogP contribution in [0.5, 0.6) is 5.75 Å². The zero-order chi connectivity index (χ0) is 21.5. The monoisotopic (exact) mass is 420 g/mol. The van der Waals surface area contributed by atoms with Crippen molar-refractivity contribution >= 4 is 5.69 Å². The molecule has 7 heteroatoms. The highest BCUT2D eigenvalue weighted by molar-refractivity contribution is 5.64. The highest BCUT2D eigenvalue weighted by atomic mass is 19.4. The second-order valence-corrected chi connectivity index (χ2v) is 8.16. The van der Waals surface area contributed by atoms with E-state index in [2.05, 4.69) is 22.3 Å². The lowest BCUT2D eigenvalue weighted by molar-refractivity contribution is -0.272. The van der Waals surface area contributed by atoms with Gasteiger partial charge in [-0.3, -0.25) is 0 Å². The number of nitrogens with zero attached hydrogens (tertiary/aromatic N) is 1. The third-order valence-electron chi connectivity index (χ3n) is 6.44. The lowest BCUT2D eigenvalue weighted by atomic mass is 9.89. The molecule has 0 saturated carbocycles. The van der Waals surface area contributed by atoms with Crippen LogP contribution in [0.3, 0.4) is 0 Å². The molecule has 2 heterocycles. The molecule has 0 aliphatic carbocycles. The fourth-order valence-corrected chi connectivity index (χ4v) is 4.62. The Morgan fingerprint density at radius 2 is 1.93 bits per heavy atom. The summed E-state index contributed by atoms with van der Waals surface area (Å²) < 4.78 is 52.2. The standard InChI is InChI=1S/C23H27F3N2O2/c1-22(23(24,25)26)17-13-19(20(29-3)12-16(17)14-30-22)28(2)18-10-7-11-27-21(18)15-8-5-4-6-9-15/h4-6,8-9,12-13,18,21,27H,7,10-11,14H2,1-3H3/t18-,21-,22+/m0/s1. The number of ether oxygens (including phenoxy) is 2. The molecule has 1 N–H and O–H groups in total. The summed E-state index contributed by atoms with van der Waals surface area (Å²) in [5.74, 6) is 0.559. The van der Waals surface area contributed by atoms with Gasteiger partial charge in [-0.1, -0.05) is 30.3 Å². The molecular formula is C23H27F3N2O2. The van der Waals surface area contributed by atoms with Crippen LogP contribution in [0.1, 0.15) is 42.5 Å². The molecule has 4 rings (SSSR count). The van der Waals surface area contributed by atoms with Gasteiger partial charge in [-0.15, -0.1) is 0 Å². The third-order valence-corrected chi connectivity index (χ3v) is 6.44. The number of alkyl halides is 3. The molecule has 2 aliphatic rings. The van der Waals surface area contributed by atoms with Gasteiger partial charge in [0.1, 0.15) is 5.75 Å². The third kappa shape index (κ3) is 3.44. The minimum Gasteiger partial charge on any atom is -0.495 e. The summed E-state index contributed by atoms with van der Waals surface area (Å²) in [6.07, 6.45) is -2.58. The second-order valence-electron chi connectivity index (χ2n) is 8.16. The molecule has 1 saturated heterocycles. The minimum atomic E-state index is -4.50. The maximum atomic E-state index is 13.8. The largest absolute Gasteiger partial charge is 0.495 e. The minimum absolute atomic E-state index is 0.0764. The summed E-state index contributed by atoms with van der Waals surface area (Å²) in [6, 6.07) is 13.6. The molecule has 0 amide bonds. The highest BCUT2D eigenvalue weighted by Crippen LogP contribution is 2.50. The van der Waals surface area contributed by atoms with Crippen LogP contribution in [0.25, 0.3) is 0 Å². The van der Waals surface area contributed by atoms with E-state index in [0.29, 0.717) is 17.0 Å². The lowest BCUT2D eigenvalue weighted by Crippen LogP contribution is -2.47. The number of hydrogen-bond donors (Lipinski definition) is 1. The average molecular weight is 420 g/mol. The summed E-state index contributed by atoms with van der Waals surface area (Å²) in [6.45, 7) is 1.93. The number of nitrogens with one attached hydrogen (secondary N) is 1. The van der Waals surface area contributed by atoms with E-state index in [1.165, 1.54) is 0 Å². The number of rotatable bonds is 4. The predicted molar refractivity (Wildman–Crippen MR) is 110 cm³/mol. The van der Waals surface area contributed by atoms with E-state index in [1.807, 2.05) is 25.2 Å². The molecule has 2 aromatic rings. The number of methoxy groups -OCH3 is 1. The van der Waals surface area contributed by atoms with Gasteiger partial charge in [-0.25, -0.2) is 0 Å². The number of hydrogen-bond acceptors (Lipinski definition) is 4. The first-order valence-electron chi connectivity index (χ1n) is 10.2. The fraction of sp³-hybridized carbons (Fsp3) is 0.478. The quantitative estimate of drug-likeness (QED) is 0.760. The zero-order valence-electron chi connectivity index (χ0n) is 17.4. The van der Waals surface area contributed by atoms with Crippen molar-refractivity contribution in [2.45, 2.75) is 50.2 Å². The topological polar surface area (TPSA) is 33.7 Å². The average Bonchev–Trinajstić information content (AvgIpc) is 3.10. The first kappa shape index (κ1) is 21.0. The molecule has 0 unspecified atom stereocenters. The van der Waals surface area contributed by atoms with Crippen LogP contribution >= 0.6 is 0 Å². The number of halogens is 3. The normalized spacial score (nSPS) is 26.3. The molecule has 162 valence electrons. The van der Waals surface area contributed by atoms with E-state index in [9.17, 15) is 13.2 Å². The van der Waals surface area contributed by atoms with Crippen molar-refractivity contribution in [2.75, 3.05) is 25.6 Å². The number of fused-ring (bicyclic) bond motifs is 1. The van der Waals surface area contributed by atoms with E-state index in [1.54, 1.807) is 19.2 Å². The Labute approximate surface area is 175 Å². The van der Waals surface area contributed by atoms with Gasteiger partial charge in [0.05, 0.1) is 25.4 Å². The van der Waals surface area contributed by atoms with Gasteiger partial charge in [0.25, 0.3) is 0 Å². The smallest absolute Gasteiger partial charge is 0.421 e. The van der Waals surface area contributed by atoms with Crippen LogP contribution in [-0.2, 0) is 16.9 Å². The van der Waals surface area contributed by atoms with Crippen molar-refractivity contribution < 1.29 is 22.6 Å². The van der Waals surface area contributed by atoms with E-state index >= 15 is 0 Å². The summed E-state index contributed by atoms with van der Waals surface area (Å²) >= 11 is 0. The van der Waals surface area contributed by atoms with E-state index in [4.69, 9.17) is 9.47 Å². The molecule has 30 heavy (non-hydrogen) atoms. The van der Waals surface area contributed by atoms with Gasteiger partial charge in [-0.2, -0.15) is 13.2 Å². The summed E-state index contributed by atoms with van der Waals surface area (Å²) in [5, 5.41) is 3.58. The summed E-state index contributed by atoms with van der Waals surface area (Å²) in [7, 11) is 3.48. The van der Waals surface area contributed by atoms with Crippen LogP contribution in [0.2, 0.25) is 0 Å².